The Kier molecular flexibility index (Phi) is 9.24. The van der Waals surface area contributed by atoms with E-state index in [-0.39, 0.29) is 0 Å². The van der Waals surface area contributed by atoms with Crippen LogP contribution in [0.3, 0.4) is 0 Å². The number of thioether (sulfide) groups is 1. The fraction of sp³-hybridized carbons (Fsp3) is 1.00. The summed E-state index contributed by atoms with van der Waals surface area (Å²) in [6, 6.07) is 0. The Morgan fingerprint density at radius 1 is 1.27 bits per heavy atom. The smallest absolute Gasteiger partial charge is 0.0333 e. The van der Waals surface area contributed by atoms with Crippen LogP contribution in [-0.2, 0) is 0 Å². The Morgan fingerprint density at radius 3 is 2.55 bits per heavy atom. The maximum absolute atomic E-state index is 5.97. The summed E-state index contributed by atoms with van der Waals surface area (Å²) in [7, 11) is 0. The highest BCUT2D eigenvalue weighted by atomic mass is 35.5. The minimum absolute atomic E-state index is 0.421. The highest BCUT2D eigenvalue weighted by molar-refractivity contribution is 7.98. The average molecular weight is 195 g/mol. The summed E-state index contributed by atoms with van der Waals surface area (Å²) in [6.45, 7) is 2.15. The summed E-state index contributed by atoms with van der Waals surface area (Å²) in [5.74, 6) is 1.30. The lowest BCUT2D eigenvalue weighted by Crippen LogP contribution is -1.95. The van der Waals surface area contributed by atoms with E-state index >= 15 is 0 Å². The van der Waals surface area contributed by atoms with E-state index in [9.17, 15) is 0 Å². The van der Waals surface area contributed by atoms with Gasteiger partial charge < -0.3 is 0 Å². The molecule has 0 bridgehead atoms. The summed E-state index contributed by atoms with van der Waals surface area (Å²) in [4.78, 5) is 0. The number of hydrogen-bond acceptors (Lipinski definition) is 1. The van der Waals surface area contributed by atoms with Crippen LogP contribution in [0.15, 0.2) is 0 Å². The first-order valence-corrected chi connectivity index (χ1v) is 6.27. The van der Waals surface area contributed by atoms with E-state index in [4.69, 9.17) is 11.6 Å². The van der Waals surface area contributed by atoms with Gasteiger partial charge in [-0.15, -0.1) is 11.6 Å². The van der Waals surface area contributed by atoms with E-state index in [0.717, 1.165) is 6.42 Å². The number of hydrogen-bond donors (Lipinski definition) is 0. The molecule has 0 spiro atoms. The standard InChI is InChI=1S/C9H19ClS/c1-3-9(10)7-5-4-6-8-11-2/h9H,3-8H2,1-2H3. The molecule has 11 heavy (non-hydrogen) atoms. The molecule has 2 heteroatoms. The van der Waals surface area contributed by atoms with Gasteiger partial charge >= 0.3 is 0 Å². The quantitative estimate of drug-likeness (QED) is 0.437. The predicted octanol–water partition coefficient (Wildman–Crippen LogP) is 3.93. The molecular weight excluding hydrogens is 176 g/mol. The van der Waals surface area contributed by atoms with E-state index < -0.39 is 0 Å². The van der Waals surface area contributed by atoms with Gasteiger partial charge in [0.1, 0.15) is 0 Å². The normalized spacial score (nSPS) is 13.4. The minimum Gasteiger partial charge on any atom is -0.165 e. The highest BCUT2D eigenvalue weighted by Gasteiger charge is 1.99. The summed E-state index contributed by atoms with van der Waals surface area (Å²) in [6.07, 6.45) is 8.49. The van der Waals surface area contributed by atoms with Crippen LogP contribution < -0.4 is 0 Å². The molecule has 0 aliphatic carbocycles. The maximum Gasteiger partial charge on any atom is 0.0333 e. The Morgan fingerprint density at radius 2 is 2.00 bits per heavy atom. The number of unbranched alkanes of at least 4 members (excludes halogenated alkanes) is 2. The van der Waals surface area contributed by atoms with E-state index in [2.05, 4.69) is 13.2 Å². The third-order valence-corrected chi connectivity index (χ3v) is 3.03. The minimum atomic E-state index is 0.421. The fourth-order valence-electron chi connectivity index (χ4n) is 0.993. The molecule has 0 saturated heterocycles. The van der Waals surface area contributed by atoms with Crippen molar-refractivity contribution in [1.29, 1.82) is 0 Å². The van der Waals surface area contributed by atoms with Gasteiger partial charge in [0, 0.05) is 5.38 Å². The molecule has 0 aromatic rings. The van der Waals surface area contributed by atoms with Crippen molar-refractivity contribution in [2.75, 3.05) is 12.0 Å². The van der Waals surface area contributed by atoms with Crippen LogP contribution in [0.5, 0.6) is 0 Å². The van der Waals surface area contributed by atoms with Crippen molar-refractivity contribution in [2.24, 2.45) is 0 Å². The van der Waals surface area contributed by atoms with Crippen molar-refractivity contribution in [3.05, 3.63) is 0 Å². The van der Waals surface area contributed by atoms with Crippen molar-refractivity contribution in [2.45, 2.75) is 44.4 Å². The second-order valence-electron chi connectivity index (χ2n) is 2.85. The number of alkyl halides is 1. The molecule has 0 amide bonds. The SMILES string of the molecule is CCC(Cl)CCCCCSC. The van der Waals surface area contributed by atoms with Gasteiger partial charge in [0.05, 0.1) is 0 Å². The maximum atomic E-state index is 5.97. The molecule has 0 fully saturated rings. The van der Waals surface area contributed by atoms with Gasteiger partial charge in [0.15, 0.2) is 0 Å². The van der Waals surface area contributed by atoms with Crippen molar-refractivity contribution >= 4 is 23.4 Å². The fourth-order valence-corrected chi connectivity index (χ4v) is 1.64. The molecule has 0 heterocycles. The molecule has 1 atom stereocenters. The molecule has 0 aliphatic heterocycles. The van der Waals surface area contributed by atoms with Crippen molar-refractivity contribution in [1.82, 2.24) is 0 Å². The van der Waals surface area contributed by atoms with E-state index in [1.165, 1.54) is 31.4 Å². The zero-order valence-electron chi connectivity index (χ0n) is 7.61. The Bertz CT molecular complexity index is 76.0. The molecule has 0 radical (unpaired) electrons. The first kappa shape index (κ1) is 11.6. The van der Waals surface area contributed by atoms with Crippen molar-refractivity contribution in [3.8, 4) is 0 Å². The van der Waals surface area contributed by atoms with Crippen LogP contribution in [-0.4, -0.2) is 17.4 Å². The van der Waals surface area contributed by atoms with Crippen molar-refractivity contribution < 1.29 is 0 Å². The first-order chi connectivity index (χ1) is 5.31. The number of rotatable bonds is 7. The highest BCUT2D eigenvalue weighted by Crippen LogP contribution is 2.12. The van der Waals surface area contributed by atoms with Gasteiger partial charge in [0.25, 0.3) is 0 Å². The Labute approximate surface area is 80.1 Å². The monoisotopic (exact) mass is 194 g/mol. The molecule has 0 aliphatic rings. The molecule has 0 aromatic heterocycles. The summed E-state index contributed by atoms with van der Waals surface area (Å²) < 4.78 is 0. The third kappa shape index (κ3) is 8.55. The lowest BCUT2D eigenvalue weighted by atomic mass is 10.1. The lowest BCUT2D eigenvalue weighted by Gasteiger charge is -2.04. The third-order valence-electron chi connectivity index (χ3n) is 1.81. The number of halogens is 1. The van der Waals surface area contributed by atoms with Crippen LogP contribution in [0.4, 0.5) is 0 Å². The molecule has 0 N–H and O–H groups in total. The van der Waals surface area contributed by atoms with E-state index in [1.807, 2.05) is 11.8 Å². The van der Waals surface area contributed by atoms with Gasteiger partial charge in [-0.25, -0.2) is 0 Å². The summed E-state index contributed by atoms with van der Waals surface area (Å²) in [5, 5.41) is 0.421. The predicted molar refractivity (Wildman–Crippen MR) is 56.8 cm³/mol. The summed E-state index contributed by atoms with van der Waals surface area (Å²) >= 11 is 7.91. The van der Waals surface area contributed by atoms with Gasteiger partial charge in [-0.3, -0.25) is 0 Å². The van der Waals surface area contributed by atoms with Crippen LogP contribution in [0.2, 0.25) is 0 Å². The van der Waals surface area contributed by atoms with Crippen molar-refractivity contribution in [3.63, 3.8) is 0 Å². The van der Waals surface area contributed by atoms with Gasteiger partial charge in [-0.05, 0) is 31.3 Å². The molecule has 0 nitrogen and oxygen atoms in total. The Balaban J connectivity index is 2.89. The topological polar surface area (TPSA) is 0 Å². The molecule has 0 rings (SSSR count). The van der Waals surface area contributed by atoms with E-state index in [1.54, 1.807) is 0 Å². The molecule has 68 valence electrons. The zero-order valence-corrected chi connectivity index (χ0v) is 9.18. The second kappa shape index (κ2) is 8.73. The summed E-state index contributed by atoms with van der Waals surface area (Å²) in [5.41, 5.74) is 0. The molecular formula is C9H19ClS. The molecule has 1 unspecified atom stereocenters. The zero-order chi connectivity index (χ0) is 8.53. The molecule has 0 aromatic carbocycles. The average Bonchev–Trinajstić information content (AvgIpc) is 2.04. The second-order valence-corrected chi connectivity index (χ2v) is 4.45. The van der Waals surface area contributed by atoms with Crippen LogP contribution >= 0.6 is 23.4 Å². The van der Waals surface area contributed by atoms with Crippen LogP contribution in [0.25, 0.3) is 0 Å². The lowest BCUT2D eigenvalue weighted by molar-refractivity contribution is 0.633. The van der Waals surface area contributed by atoms with Gasteiger partial charge in [-0.2, -0.15) is 11.8 Å². The van der Waals surface area contributed by atoms with Gasteiger partial charge in [0.2, 0.25) is 0 Å². The molecule has 0 saturated carbocycles. The van der Waals surface area contributed by atoms with Gasteiger partial charge in [-0.1, -0.05) is 19.8 Å². The largest absolute Gasteiger partial charge is 0.165 e. The van der Waals surface area contributed by atoms with Crippen LogP contribution in [0.1, 0.15) is 39.0 Å². The van der Waals surface area contributed by atoms with E-state index in [0.29, 0.717) is 5.38 Å². The Hall–Kier alpha value is 0.640. The first-order valence-electron chi connectivity index (χ1n) is 4.44. The van der Waals surface area contributed by atoms with Crippen LogP contribution in [0, 0.1) is 0 Å².